The predicted octanol–water partition coefficient (Wildman–Crippen LogP) is 2.49. The minimum atomic E-state index is 0.114. The van der Waals surface area contributed by atoms with Gasteiger partial charge in [0.05, 0.1) is 13.2 Å². The topological polar surface area (TPSA) is 44.8 Å². The van der Waals surface area contributed by atoms with E-state index < -0.39 is 0 Å². The first-order valence-corrected chi connectivity index (χ1v) is 9.27. The summed E-state index contributed by atoms with van der Waals surface area (Å²) in [7, 11) is 0. The number of hydrogen-bond acceptors (Lipinski definition) is 3. The highest BCUT2D eigenvalue weighted by molar-refractivity contribution is 5.74. The molecule has 1 aliphatic heterocycles. The van der Waals surface area contributed by atoms with Gasteiger partial charge in [-0.1, -0.05) is 19.1 Å². The first-order chi connectivity index (χ1) is 11.3. The average Bonchev–Trinajstić information content (AvgIpc) is 2.60. The van der Waals surface area contributed by atoms with Gasteiger partial charge in [-0.3, -0.25) is 4.90 Å². The zero-order valence-corrected chi connectivity index (χ0v) is 14.6. The van der Waals surface area contributed by atoms with Gasteiger partial charge in [0.15, 0.2) is 0 Å². The van der Waals surface area contributed by atoms with E-state index in [0.29, 0.717) is 5.92 Å². The summed E-state index contributed by atoms with van der Waals surface area (Å²) in [5, 5.41) is 3.05. The molecule has 1 saturated heterocycles. The van der Waals surface area contributed by atoms with Crippen LogP contribution in [0.2, 0.25) is 0 Å². The molecule has 2 aliphatic rings. The summed E-state index contributed by atoms with van der Waals surface area (Å²) in [5.41, 5.74) is 0. The van der Waals surface area contributed by atoms with Crippen LogP contribution in [0, 0.1) is 5.92 Å². The number of morpholine rings is 1. The summed E-state index contributed by atoms with van der Waals surface area (Å²) in [6.07, 6.45) is 10.0. The maximum atomic E-state index is 12.4. The first kappa shape index (κ1) is 18.3. The van der Waals surface area contributed by atoms with Crippen LogP contribution in [0.25, 0.3) is 0 Å². The quantitative estimate of drug-likeness (QED) is 0.698. The van der Waals surface area contributed by atoms with Gasteiger partial charge in [-0.25, -0.2) is 4.79 Å². The lowest BCUT2D eigenvalue weighted by molar-refractivity contribution is 0.0363. The first-order valence-electron chi connectivity index (χ1n) is 9.27. The van der Waals surface area contributed by atoms with E-state index in [1.165, 1.54) is 6.42 Å². The third kappa shape index (κ3) is 6.92. The van der Waals surface area contributed by atoms with Crippen LogP contribution >= 0.6 is 0 Å². The van der Waals surface area contributed by atoms with Gasteiger partial charge in [-0.2, -0.15) is 0 Å². The molecule has 0 aromatic carbocycles. The Hall–Kier alpha value is -1.07. The molecule has 0 aromatic heterocycles. The molecule has 0 bridgehead atoms. The van der Waals surface area contributed by atoms with E-state index in [1.54, 1.807) is 0 Å². The molecule has 1 fully saturated rings. The molecule has 1 atom stereocenters. The molecule has 5 heteroatoms. The van der Waals surface area contributed by atoms with Crippen LogP contribution in [0.5, 0.6) is 0 Å². The summed E-state index contributed by atoms with van der Waals surface area (Å²) in [5.74, 6) is 0.621. The third-order valence-corrected chi connectivity index (χ3v) is 4.68. The predicted molar refractivity (Wildman–Crippen MR) is 93.6 cm³/mol. The number of amides is 2. The summed E-state index contributed by atoms with van der Waals surface area (Å²) >= 11 is 0. The van der Waals surface area contributed by atoms with Gasteiger partial charge in [0.2, 0.25) is 0 Å². The number of carbonyl (C=O) groups excluding carboxylic acids is 1. The standard InChI is InChI=1S/C18H33N3O2/c1-2-9-19-18(22)21(16-17-7-4-3-5-8-17)11-6-10-20-12-14-23-15-13-20/h3-4,17H,2,5-16H2,1H3,(H,19,22). The zero-order chi connectivity index (χ0) is 16.3. The summed E-state index contributed by atoms with van der Waals surface area (Å²) in [4.78, 5) is 16.9. The second kappa shape index (κ2) is 10.7. The van der Waals surface area contributed by atoms with Gasteiger partial charge in [0.1, 0.15) is 0 Å². The van der Waals surface area contributed by atoms with E-state index in [4.69, 9.17) is 4.74 Å². The maximum Gasteiger partial charge on any atom is 0.317 e. The minimum absolute atomic E-state index is 0.114. The molecule has 1 aliphatic carbocycles. The highest BCUT2D eigenvalue weighted by atomic mass is 16.5. The molecular weight excluding hydrogens is 290 g/mol. The maximum absolute atomic E-state index is 12.4. The van der Waals surface area contributed by atoms with Crippen molar-refractivity contribution < 1.29 is 9.53 Å². The Morgan fingerprint density at radius 2 is 2.17 bits per heavy atom. The van der Waals surface area contributed by atoms with Gasteiger partial charge in [0, 0.05) is 39.3 Å². The molecule has 0 aromatic rings. The molecule has 0 radical (unpaired) electrons. The Morgan fingerprint density at radius 3 is 2.87 bits per heavy atom. The highest BCUT2D eigenvalue weighted by Gasteiger charge is 2.19. The van der Waals surface area contributed by atoms with E-state index in [1.807, 2.05) is 4.90 Å². The number of nitrogens with zero attached hydrogens (tertiary/aromatic N) is 2. The Bertz CT molecular complexity index is 367. The zero-order valence-electron chi connectivity index (χ0n) is 14.6. The second-order valence-electron chi connectivity index (χ2n) is 6.64. The fraction of sp³-hybridized carbons (Fsp3) is 0.833. The molecule has 2 rings (SSSR count). The minimum Gasteiger partial charge on any atom is -0.379 e. The molecule has 132 valence electrons. The Balaban J connectivity index is 1.76. The number of hydrogen-bond donors (Lipinski definition) is 1. The SMILES string of the molecule is CCCNC(=O)N(CCCN1CCOCC1)CC1CC=CCC1. The van der Waals surface area contributed by atoms with Crippen LogP contribution in [0.15, 0.2) is 12.2 Å². The molecule has 0 saturated carbocycles. The van der Waals surface area contributed by atoms with Crippen molar-refractivity contribution in [1.82, 2.24) is 15.1 Å². The van der Waals surface area contributed by atoms with Crippen molar-refractivity contribution in [2.24, 2.45) is 5.92 Å². The molecule has 2 amide bonds. The molecule has 23 heavy (non-hydrogen) atoms. The normalized spacial score (nSPS) is 22.0. The lowest BCUT2D eigenvalue weighted by Crippen LogP contribution is -2.44. The number of ether oxygens (including phenoxy) is 1. The van der Waals surface area contributed by atoms with Gasteiger partial charge in [-0.05, 0) is 38.0 Å². The molecule has 1 heterocycles. The van der Waals surface area contributed by atoms with Crippen molar-refractivity contribution in [3.63, 3.8) is 0 Å². The Labute approximate surface area is 141 Å². The van der Waals surface area contributed by atoms with Gasteiger partial charge in [-0.15, -0.1) is 0 Å². The Kier molecular flexibility index (Phi) is 8.47. The third-order valence-electron chi connectivity index (χ3n) is 4.68. The molecule has 1 unspecified atom stereocenters. The van der Waals surface area contributed by atoms with E-state index in [9.17, 15) is 4.79 Å². The number of carbonyl (C=O) groups is 1. The summed E-state index contributed by atoms with van der Waals surface area (Å²) in [6, 6.07) is 0.114. The second-order valence-corrected chi connectivity index (χ2v) is 6.64. The summed E-state index contributed by atoms with van der Waals surface area (Å²) < 4.78 is 5.39. The number of allylic oxidation sites excluding steroid dienone is 2. The fourth-order valence-corrected chi connectivity index (χ4v) is 3.26. The lowest BCUT2D eigenvalue weighted by Gasteiger charge is -2.30. The van der Waals surface area contributed by atoms with E-state index in [-0.39, 0.29) is 6.03 Å². The van der Waals surface area contributed by atoms with Crippen molar-refractivity contribution in [3.05, 3.63) is 12.2 Å². The van der Waals surface area contributed by atoms with Crippen molar-refractivity contribution >= 4 is 6.03 Å². The fourth-order valence-electron chi connectivity index (χ4n) is 3.26. The smallest absolute Gasteiger partial charge is 0.317 e. The highest BCUT2D eigenvalue weighted by Crippen LogP contribution is 2.19. The van der Waals surface area contributed by atoms with E-state index in [2.05, 4.69) is 29.3 Å². The van der Waals surface area contributed by atoms with E-state index in [0.717, 1.165) is 78.2 Å². The van der Waals surface area contributed by atoms with Crippen LogP contribution in [-0.4, -0.2) is 68.3 Å². The van der Waals surface area contributed by atoms with Gasteiger partial charge < -0.3 is 15.0 Å². The number of urea groups is 1. The molecule has 1 N–H and O–H groups in total. The molecule has 5 nitrogen and oxygen atoms in total. The van der Waals surface area contributed by atoms with Crippen LogP contribution in [0.4, 0.5) is 4.79 Å². The molecular formula is C18H33N3O2. The van der Waals surface area contributed by atoms with Crippen LogP contribution in [-0.2, 0) is 4.74 Å². The molecule has 0 spiro atoms. The average molecular weight is 323 g/mol. The van der Waals surface area contributed by atoms with E-state index >= 15 is 0 Å². The largest absolute Gasteiger partial charge is 0.379 e. The van der Waals surface area contributed by atoms with Crippen molar-refractivity contribution in [3.8, 4) is 0 Å². The van der Waals surface area contributed by atoms with Crippen LogP contribution in [0.1, 0.15) is 39.0 Å². The lowest BCUT2D eigenvalue weighted by atomic mass is 9.94. The van der Waals surface area contributed by atoms with Crippen molar-refractivity contribution in [1.29, 1.82) is 0 Å². The van der Waals surface area contributed by atoms with Gasteiger partial charge >= 0.3 is 6.03 Å². The van der Waals surface area contributed by atoms with Crippen molar-refractivity contribution in [2.45, 2.75) is 39.0 Å². The van der Waals surface area contributed by atoms with Crippen LogP contribution in [0.3, 0.4) is 0 Å². The monoisotopic (exact) mass is 323 g/mol. The van der Waals surface area contributed by atoms with Crippen LogP contribution < -0.4 is 5.32 Å². The Morgan fingerprint density at radius 1 is 1.35 bits per heavy atom. The van der Waals surface area contributed by atoms with Crippen molar-refractivity contribution in [2.75, 3.05) is 52.5 Å². The number of rotatable bonds is 8. The van der Waals surface area contributed by atoms with Gasteiger partial charge in [0.25, 0.3) is 0 Å². The summed E-state index contributed by atoms with van der Waals surface area (Å²) in [6.45, 7) is 9.40. The number of nitrogens with one attached hydrogen (secondary N) is 1.